The Labute approximate surface area is 84.9 Å². The van der Waals surface area contributed by atoms with Crippen molar-refractivity contribution in [3.05, 3.63) is 28.7 Å². The third-order valence-corrected chi connectivity index (χ3v) is 2.77. The maximum Gasteiger partial charge on any atom is 0.0935 e. The van der Waals surface area contributed by atoms with Crippen LogP contribution in [0.2, 0.25) is 0 Å². The average Bonchev–Trinajstić information content (AvgIpc) is 2.04. The highest BCUT2D eigenvalue weighted by Gasteiger charge is 2.01. The van der Waals surface area contributed by atoms with Crippen molar-refractivity contribution in [3.8, 4) is 6.07 Å². The number of halogens is 1. The molecule has 0 radical (unpaired) electrons. The first-order chi connectivity index (χ1) is 5.72. The van der Waals surface area contributed by atoms with Crippen LogP contribution in [-0.2, 0) is 0 Å². The van der Waals surface area contributed by atoms with Crippen LogP contribution >= 0.6 is 27.7 Å². The average molecular weight is 242 g/mol. The van der Waals surface area contributed by atoms with Crippen molar-refractivity contribution >= 4 is 27.7 Å². The van der Waals surface area contributed by atoms with E-state index in [0.717, 1.165) is 9.37 Å². The SMILES string of the molecule is CC(C#N)Sc1cccc(Br)c1. The van der Waals surface area contributed by atoms with Gasteiger partial charge >= 0.3 is 0 Å². The third kappa shape index (κ3) is 2.88. The summed E-state index contributed by atoms with van der Waals surface area (Å²) in [5.74, 6) is 0. The lowest BCUT2D eigenvalue weighted by Gasteiger charge is -2.01. The van der Waals surface area contributed by atoms with E-state index in [0.29, 0.717) is 0 Å². The lowest BCUT2D eigenvalue weighted by Crippen LogP contribution is -1.88. The van der Waals surface area contributed by atoms with E-state index in [1.54, 1.807) is 11.8 Å². The van der Waals surface area contributed by atoms with E-state index < -0.39 is 0 Å². The van der Waals surface area contributed by atoms with Crippen LogP contribution in [0.3, 0.4) is 0 Å². The third-order valence-electron chi connectivity index (χ3n) is 1.29. The second-order valence-corrected chi connectivity index (χ2v) is 4.68. The summed E-state index contributed by atoms with van der Waals surface area (Å²) >= 11 is 4.94. The fourth-order valence-corrected chi connectivity index (χ4v) is 2.13. The molecule has 12 heavy (non-hydrogen) atoms. The molecule has 0 aliphatic rings. The molecule has 0 bridgehead atoms. The lowest BCUT2D eigenvalue weighted by molar-refractivity contribution is 1.23. The quantitative estimate of drug-likeness (QED) is 0.741. The molecule has 0 aromatic heterocycles. The molecule has 0 N–H and O–H groups in total. The minimum absolute atomic E-state index is 0.0132. The van der Waals surface area contributed by atoms with Crippen LogP contribution in [0.25, 0.3) is 0 Å². The Morgan fingerprint density at radius 3 is 2.92 bits per heavy atom. The molecule has 62 valence electrons. The van der Waals surface area contributed by atoms with Gasteiger partial charge < -0.3 is 0 Å². The molecule has 0 spiro atoms. The summed E-state index contributed by atoms with van der Waals surface area (Å²) < 4.78 is 1.05. The Bertz CT molecular complexity index is 306. The summed E-state index contributed by atoms with van der Waals surface area (Å²) in [7, 11) is 0. The van der Waals surface area contributed by atoms with Gasteiger partial charge in [-0.15, -0.1) is 11.8 Å². The topological polar surface area (TPSA) is 23.8 Å². The van der Waals surface area contributed by atoms with Crippen molar-refractivity contribution in [1.29, 1.82) is 5.26 Å². The summed E-state index contributed by atoms with van der Waals surface area (Å²) in [6.07, 6.45) is 0. The Morgan fingerprint density at radius 1 is 1.58 bits per heavy atom. The normalized spacial score (nSPS) is 12.1. The van der Waals surface area contributed by atoms with Gasteiger partial charge in [-0.3, -0.25) is 0 Å². The van der Waals surface area contributed by atoms with Gasteiger partial charge in [-0.2, -0.15) is 5.26 Å². The largest absolute Gasteiger partial charge is 0.197 e. The molecule has 1 unspecified atom stereocenters. The van der Waals surface area contributed by atoms with Gasteiger partial charge in [-0.05, 0) is 25.1 Å². The molecule has 0 fully saturated rings. The Hall–Kier alpha value is -0.460. The van der Waals surface area contributed by atoms with Gasteiger partial charge in [-0.1, -0.05) is 22.0 Å². The highest BCUT2D eigenvalue weighted by atomic mass is 79.9. The fourth-order valence-electron chi connectivity index (χ4n) is 0.771. The summed E-state index contributed by atoms with van der Waals surface area (Å²) in [6, 6.07) is 10.1. The molecule has 3 heteroatoms. The first-order valence-electron chi connectivity index (χ1n) is 3.54. The maximum absolute atomic E-state index is 8.58. The molecule has 0 heterocycles. The van der Waals surface area contributed by atoms with Gasteiger partial charge in [0.2, 0.25) is 0 Å². The summed E-state index contributed by atoms with van der Waals surface area (Å²) in [5, 5.41) is 8.60. The number of thioether (sulfide) groups is 1. The lowest BCUT2D eigenvalue weighted by atomic mass is 10.4. The molecule has 1 atom stereocenters. The van der Waals surface area contributed by atoms with Crippen LogP contribution < -0.4 is 0 Å². The van der Waals surface area contributed by atoms with Crippen molar-refractivity contribution in [2.75, 3.05) is 0 Å². The number of nitriles is 1. The molecule has 1 aromatic rings. The van der Waals surface area contributed by atoms with Gasteiger partial charge in [0.05, 0.1) is 11.3 Å². The van der Waals surface area contributed by atoms with Gasteiger partial charge in [0.25, 0.3) is 0 Å². The molecule has 1 aromatic carbocycles. The molecular weight excluding hydrogens is 234 g/mol. The van der Waals surface area contributed by atoms with Crippen molar-refractivity contribution in [2.45, 2.75) is 17.1 Å². The minimum atomic E-state index is 0.0132. The second-order valence-electron chi connectivity index (χ2n) is 2.35. The van der Waals surface area contributed by atoms with E-state index in [-0.39, 0.29) is 5.25 Å². The van der Waals surface area contributed by atoms with Gasteiger partial charge in [0.1, 0.15) is 0 Å². The Morgan fingerprint density at radius 2 is 2.33 bits per heavy atom. The first-order valence-corrected chi connectivity index (χ1v) is 5.21. The number of benzene rings is 1. The standard InChI is InChI=1S/C9H8BrNS/c1-7(6-11)12-9-4-2-3-8(10)5-9/h2-5,7H,1H3. The van der Waals surface area contributed by atoms with Crippen molar-refractivity contribution < 1.29 is 0 Å². The zero-order valence-corrected chi connectivity index (χ0v) is 9.02. The van der Waals surface area contributed by atoms with E-state index in [4.69, 9.17) is 5.26 Å². The molecular formula is C9H8BrNS. The van der Waals surface area contributed by atoms with Crippen LogP contribution in [0.1, 0.15) is 6.92 Å². The Balaban J connectivity index is 2.71. The van der Waals surface area contributed by atoms with Crippen molar-refractivity contribution in [3.63, 3.8) is 0 Å². The molecule has 0 aliphatic heterocycles. The number of hydrogen-bond acceptors (Lipinski definition) is 2. The van der Waals surface area contributed by atoms with Crippen LogP contribution in [-0.4, -0.2) is 5.25 Å². The predicted octanol–water partition coefficient (Wildman–Crippen LogP) is 3.45. The molecule has 0 saturated heterocycles. The number of hydrogen-bond donors (Lipinski definition) is 0. The van der Waals surface area contributed by atoms with Gasteiger partial charge in [0.15, 0.2) is 0 Å². The van der Waals surface area contributed by atoms with E-state index in [2.05, 4.69) is 22.0 Å². The first kappa shape index (κ1) is 9.63. The van der Waals surface area contributed by atoms with Crippen LogP contribution in [0.15, 0.2) is 33.6 Å². The fraction of sp³-hybridized carbons (Fsp3) is 0.222. The molecule has 0 amide bonds. The van der Waals surface area contributed by atoms with Crippen LogP contribution in [0, 0.1) is 11.3 Å². The predicted molar refractivity (Wildman–Crippen MR) is 55.1 cm³/mol. The van der Waals surface area contributed by atoms with Crippen molar-refractivity contribution in [1.82, 2.24) is 0 Å². The summed E-state index contributed by atoms with van der Waals surface area (Å²) in [5.41, 5.74) is 0. The molecule has 1 rings (SSSR count). The van der Waals surface area contributed by atoms with Crippen molar-refractivity contribution in [2.24, 2.45) is 0 Å². The number of rotatable bonds is 2. The van der Waals surface area contributed by atoms with Gasteiger partial charge in [0, 0.05) is 9.37 Å². The molecule has 0 aliphatic carbocycles. The van der Waals surface area contributed by atoms with Gasteiger partial charge in [-0.25, -0.2) is 0 Å². The summed E-state index contributed by atoms with van der Waals surface area (Å²) in [6.45, 7) is 1.89. The maximum atomic E-state index is 8.58. The number of nitrogens with zero attached hydrogens (tertiary/aromatic N) is 1. The van der Waals surface area contributed by atoms with E-state index >= 15 is 0 Å². The zero-order valence-electron chi connectivity index (χ0n) is 6.62. The van der Waals surface area contributed by atoms with E-state index in [1.807, 2.05) is 31.2 Å². The highest BCUT2D eigenvalue weighted by molar-refractivity contribution is 9.10. The zero-order chi connectivity index (χ0) is 8.97. The smallest absolute Gasteiger partial charge is 0.0935 e. The molecule has 1 nitrogen and oxygen atoms in total. The second kappa shape index (κ2) is 4.54. The monoisotopic (exact) mass is 241 g/mol. The van der Waals surface area contributed by atoms with E-state index in [1.165, 1.54) is 0 Å². The minimum Gasteiger partial charge on any atom is -0.197 e. The molecule has 0 saturated carbocycles. The van der Waals surface area contributed by atoms with Crippen LogP contribution in [0.4, 0.5) is 0 Å². The highest BCUT2D eigenvalue weighted by Crippen LogP contribution is 2.25. The van der Waals surface area contributed by atoms with E-state index in [9.17, 15) is 0 Å². The van der Waals surface area contributed by atoms with Crippen LogP contribution in [0.5, 0.6) is 0 Å². The Kier molecular flexibility index (Phi) is 3.64. The summed E-state index contributed by atoms with van der Waals surface area (Å²) in [4.78, 5) is 1.12.